The molecule has 5 nitrogen and oxygen atoms in total. The van der Waals surface area contributed by atoms with Crippen LogP contribution in [0.3, 0.4) is 0 Å². The Morgan fingerprint density at radius 2 is 1.69 bits per heavy atom. The van der Waals surface area contributed by atoms with Gasteiger partial charge in [0.25, 0.3) is 5.91 Å². The van der Waals surface area contributed by atoms with E-state index in [-0.39, 0.29) is 5.91 Å². The molecule has 0 radical (unpaired) electrons. The monoisotopic (exact) mass is 446 g/mol. The van der Waals surface area contributed by atoms with E-state index in [4.69, 9.17) is 9.47 Å². The van der Waals surface area contributed by atoms with Crippen LogP contribution < -0.4 is 4.90 Å². The Bertz CT molecular complexity index is 985. The first kappa shape index (κ1) is 21.3. The molecule has 0 aliphatic carbocycles. The maximum absolute atomic E-state index is 13.2. The van der Waals surface area contributed by atoms with Crippen LogP contribution in [-0.4, -0.2) is 57.3 Å². The lowest BCUT2D eigenvalue weighted by Crippen LogP contribution is -2.48. The summed E-state index contributed by atoms with van der Waals surface area (Å²) < 4.78 is 49.4. The van der Waals surface area contributed by atoms with Gasteiger partial charge in [0.1, 0.15) is 5.60 Å². The van der Waals surface area contributed by atoms with Crippen molar-refractivity contribution in [2.75, 3.05) is 51.4 Å². The predicted octanol–water partition coefficient (Wildman–Crippen LogP) is 3.79. The minimum Gasteiger partial charge on any atom is -0.375 e. The van der Waals surface area contributed by atoms with E-state index in [0.717, 1.165) is 36.5 Å². The second-order valence-corrected chi connectivity index (χ2v) is 8.95. The van der Waals surface area contributed by atoms with Gasteiger partial charge in [-0.2, -0.15) is 13.2 Å². The van der Waals surface area contributed by atoms with E-state index in [1.165, 1.54) is 12.1 Å². The summed E-state index contributed by atoms with van der Waals surface area (Å²) in [4.78, 5) is 17.2. The molecule has 0 saturated carbocycles. The smallest absolute Gasteiger partial charge is 0.375 e. The lowest BCUT2D eigenvalue weighted by atomic mass is 9.90. The van der Waals surface area contributed by atoms with E-state index in [2.05, 4.69) is 4.90 Å². The molecule has 8 heteroatoms. The van der Waals surface area contributed by atoms with E-state index in [1.54, 1.807) is 7.11 Å². The lowest BCUT2D eigenvalue weighted by molar-refractivity contribution is -0.202. The number of carbonyl (C=O) groups excluding carboxylic acids is 1. The van der Waals surface area contributed by atoms with Crippen molar-refractivity contribution in [2.24, 2.45) is 11.8 Å². The number of amides is 1. The lowest BCUT2D eigenvalue weighted by Gasteiger charge is -2.40. The summed E-state index contributed by atoms with van der Waals surface area (Å²) in [5.41, 5.74) is 1.28. The number of rotatable bonds is 4. The molecule has 0 aromatic heterocycles. The van der Waals surface area contributed by atoms with E-state index >= 15 is 0 Å². The van der Waals surface area contributed by atoms with Crippen molar-refractivity contribution in [3.63, 3.8) is 0 Å². The maximum Gasteiger partial charge on any atom is 0.416 e. The van der Waals surface area contributed by atoms with Crippen LogP contribution in [0.1, 0.15) is 21.5 Å². The first-order valence-electron chi connectivity index (χ1n) is 10.7. The second kappa shape index (κ2) is 7.78. The number of likely N-dealkylation sites (tertiary alicyclic amines) is 1. The van der Waals surface area contributed by atoms with Crippen molar-refractivity contribution in [1.82, 2.24) is 4.90 Å². The number of hydrogen-bond acceptors (Lipinski definition) is 4. The summed E-state index contributed by atoms with van der Waals surface area (Å²) in [6, 6.07) is 12.9. The van der Waals surface area contributed by atoms with E-state index < -0.39 is 17.3 Å². The highest BCUT2D eigenvalue weighted by molar-refractivity contribution is 5.94. The summed E-state index contributed by atoms with van der Waals surface area (Å²) in [5.74, 6) is 0.637. The molecule has 1 amide bonds. The first-order valence-corrected chi connectivity index (χ1v) is 10.7. The number of ether oxygens (including phenoxy) is 2. The normalized spacial score (nSPS) is 24.4. The Morgan fingerprint density at radius 3 is 2.22 bits per heavy atom. The largest absolute Gasteiger partial charge is 0.416 e. The number of benzene rings is 2. The number of nitrogens with zero attached hydrogens (tertiary/aromatic N) is 2. The van der Waals surface area contributed by atoms with Crippen LogP contribution in [0.15, 0.2) is 48.5 Å². The Hall–Kier alpha value is -2.58. The van der Waals surface area contributed by atoms with Crippen LogP contribution in [0.4, 0.5) is 18.9 Å². The van der Waals surface area contributed by atoms with Crippen LogP contribution in [0.2, 0.25) is 0 Å². The van der Waals surface area contributed by atoms with Gasteiger partial charge >= 0.3 is 6.18 Å². The SMILES string of the molecule is COC1(c2cccc(C(=O)N3CC4CN(c5ccc(C(F)(F)F)cc5)CC4C3)c2)COC1. The van der Waals surface area contributed by atoms with E-state index in [0.29, 0.717) is 43.7 Å². The molecular weight excluding hydrogens is 421 g/mol. The molecule has 2 unspecified atom stereocenters. The molecule has 3 aliphatic heterocycles. The molecule has 3 aliphatic rings. The molecule has 3 saturated heterocycles. The highest BCUT2D eigenvalue weighted by atomic mass is 19.4. The predicted molar refractivity (Wildman–Crippen MR) is 112 cm³/mol. The molecule has 3 fully saturated rings. The van der Waals surface area contributed by atoms with Crippen molar-refractivity contribution in [3.8, 4) is 0 Å². The van der Waals surface area contributed by atoms with Gasteiger partial charge in [0, 0.05) is 56.4 Å². The molecule has 0 N–H and O–H groups in total. The van der Waals surface area contributed by atoms with Crippen LogP contribution in [-0.2, 0) is 21.3 Å². The molecule has 5 rings (SSSR count). The average molecular weight is 446 g/mol. The number of methoxy groups -OCH3 is 1. The van der Waals surface area contributed by atoms with Gasteiger partial charge in [-0.05, 0) is 42.0 Å². The van der Waals surface area contributed by atoms with Crippen molar-refractivity contribution >= 4 is 11.6 Å². The number of fused-ring (bicyclic) bond motifs is 1. The minimum atomic E-state index is -4.33. The molecule has 0 spiro atoms. The van der Waals surface area contributed by atoms with Gasteiger partial charge in [-0.1, -0.05) is 12.1 Å². The van der Waals surface area contributed by atoms with E-state index in [1.807, 2.05) is 29.2 Å². The summed E-state index contributed by atoms with van der Waals surface area (Å²) in [6.07, 6.45) is -4.33. The molecule has 32 heavy (non-hydrogen) atoms. The van der Waals surface area contributed by atoms with Gasteiger partial charge in [0.15, 0.2) is 0 Å². The van der Waals surface area contributed by atoms with Crippen molar-refractivity contribution < 1.29 is 27.4 Å². The highest BCUT2D eigenvalue weighted by Crippen LogP contribution is 2.37. The summed E-state index contributed by atoms with van der Waals surface area (Å²) in [6.45, 7) is 3.75. The van der Waals surface area contributed by atoms with Gasteiger partial charge in [0.2, 0.25) is 0 Å². The molecular formula is C24H25F3N2O3. The number of hydrogen-bond donors (Lipinski definition) is 0. The van der Waals surface area contributed by atoms with Crippen LogP contribution >= 0.6 is 0 Å². The fraction of sp³-hybridized carbons (Fsp3) is 0.458. The zero-order chi connectivity index (χ0) is 22.5. The van der Waals surface area contributed by atoms with Gasteiger partial charge in [-0.15, -0.1) is 0 Å². The van der Waals surface area contributed by atoms with Gasteiger partial charge in [0.05, 0.1) is 18.8 Å². The summed E-state index contributed by atoms with van der Waals surface area (Å²) in [7, 11) is 1.65. The molecule has 2 aromatic carbocycles. The zero-order valence-electron chi connectivity index (χ0n) is 17.8. The fourth-order valence-electron chi connectivity index (χ4n) is 5.04. The summed E-state index contributed by atoms with van der Waals surface area (Å²) >= 11 is 0. The molecule has 3 heterocycles. The third-order valence-corrected chi connectivity index (χ3v) is 7.03. The van der Waals surface area contributed by atoms with Gasteiger partial charge < -0.3 is 19.3 Å². The quantitative estimate of drug-likeness (QED) is 0.717. The number of anilines is 1. The Labute approximate surface area is 184 Å². The fourth-order valence-corrected chi connectivity index (χ4v) is 5.04. The van der Waals surface area contributed by atoms with Gasteiger partial charge in [-0.25, -0.2) is 0 Å². The Balaban J connectivity index is 1.24. The first-order chi connectivity index (χ1) is 15.3. The average Bonchev–Trinajstić information content (AvgIpc) is 3.32. The molecule has 170 valence electrons. The van der Waals surface area contributed by atoms with Crippen molar-refractivity contribution in [3.05, 3.63) is 65.2 Å². The minimum absolute atomic E-state index is 0.00817. The number of alkyl halides is 3. The number of halogens is 3. The number of carbonyl (C=O) groups is 1. The third-order valence-electron chi connectivity index (χ3n) is 7.03. The van der Waals surface area contributed by atoms with Crippen molar-refractivity contribution in [1.29, 1.82) is 0 Å². The maximum atomic E-state index is 13.2. The third kappa shape index (κ3) is 3.65. The molecule has 2 atom stereocenters. The van der Waals surface area contributed by atoms with Crippen LogP contribution in [0.5, 0.6) is 0 Å². The zero-order valence-corrected chi connectivity index (χ0v) is 17.8. The van der Waals surface area contributed by atoms with E-state index in [9.17, 15) is 18.0 Å². The summed E-state index contributed by atoms with van der Waals surface area (Å²) in [5, 5.41) is 0. The van der Waals surface area contributed by atoms with Crippen LogP contribution in [0, 0.1) is 11.8 Å². The van der Waals surface area contributed by atoms with Gasteiger partial charge in [-0.3, -0.25) is 4.79 Å². The standard InChI is InChI=1S/C24H25F3N2O3/c1-31-23(14-32-15-23)20-4-2-3-16(9-20)22(30)29-12-17-10-28(11-18(17)13-29)21-7-5-19(6-8-21)24(25,26)27/h2-9,17-18H,10-15H2,1H3. The molecule has 2 aromatic rings. The Kier molecular flexibility index (Phi) is 5.17. The van der Waals surface area contributed by atoms with Crippen molar-refractivity contribution in [2.45, 2.75) is 11.8 Å². The Morgan fingerprint density at radius 1 is 1.03 bits per heavy atom. The topological polar surface area (TPSA) is 42.0 Å². The highest BCUT2D eigenvalue weighted by Gasteiger charge is 2.43. The van der Waals surface area contributed by atoms with Crippen LogP contribution in [0.25, 0.3) is 0 Å². The second-order valence-electron chi connectivity index (χ2n) is 8.95. The molecule has 0 bridgehead atoms.